The molecule has 4 N–H and O–H groups in total. The van der Waals surface area contributed by atoms with Gasteiger partial charge in [-0.05, 0) is 12.1 Å². The molecule has 0 bridgehead atoms. The lowest BCUT2D eigenvalue weighted by Crippen LogP contribution is -2.37. The Morgan fingerprint density at radius 3 is 2.36 bits per heavy atom. The highest BCUT2D eigenvalue weighted by Crippen LogP contribution is 2.26. The fourth-order valence-electron chi connectivity index (χ4n) is 2.38. The molecule has 0 radical (unpaired) electrons. The first-order valence-corrected chi connectivity index (χ1v) is 7.00. The highest BCUT2D eigenvalue weighted by atomic mass is 35.5. The van der Waals surface area contributed by atoms with Crippen LogP contribution in [0.1, 0.15) is 32.5 Å². The quantitative estimate of drug-likeness (QED) is 0.573. The number of amides is 2. The average molecular weight is 321 g/mol. The minimum absolute atomic E-state index is 0.117. The van der Waals surface area contributed by atoms with E-state index in [1.165, 1.54) is 6.20 Å². The van der Waals surface area contributed by atoms with E-state index in [1.807, 2.05) is 0 Å². The minimum atomic E-state index is -1.13. The number of alkyl halides is 1. The van der Waals surface area contributed by atoms with Gasteiger partial charge in [0.2, 0.25) is 0 Å². The number of rotatable bonds is 4. The van der Waals surface area contributed by atoms with E-state index in [4.69, 9.17) is 17.3 Å². The van der Waals surface area contributed by atoms with Crippen LogP contribution < -0.4 is 5.73 Å². The Balaban J connectivity index is 1.77. The Bertz CT molecular complexity index is 710. The van der Waals surface area contributed by atoms with Crippen molar-refractivity contribution < 1.29 is 14.7 Å². The summed E-state index contributed by atoms with van der Waals surface area (Å²) in [5.41, 5.74) is 6.46. The van der Waals surface area contributed by atoms with Crippen LogP contribution >= 0.6 is 11.6 Å². The zero-order valence-electron chi connectivity index (χ0n) is 11.4. The number of nitrogens with one attached hydrogen (secondary N) is 1. The molecule has 2 amide bonds. The van der Waals surface area contributed by atoms with Crippen molar-refractivity contribution in [3.05, 3.63) is 47.3 Å². The Kier molecular flexibility index (Phi) is 3.59. The lowest BCUT2D eigenvalue weighted by atomic mass is 10.1. The first kappa shape index (κ1) is 14.6. The summed E-state index contributed by atoms with van der Waals surface area (Å²) in [5, 5.41) is 9.26. The SMILES string of the molecule is Nc1ncc([C@@H](O)[C@H](Cl)CN2C(=O)c3ccccc3C2=O)[nH]1. The molecular formula is C14H13ClN4O3. The van der Waals surface area contributed by atoms with Gasteiger partial charge in [0, 0.05) is 6.54 Å². The van der Waals surface area contributed by atoms with Gasteiger partial charge in [-0.25, -0.2) is 4.98 Å². The largest absolute Gasteiger partial charge is 0.385 e. The molecule has 7 nitrogen and oxygen atoms in total. The Morgan fingerprint density at radius 2 is 1.86 bits per heavy atom. The molecule has 1 aromatic heterocycles. The van der Waals surface area contributed by atoms with Crippen LogP contribution in [-0.4, -0.2) is 43.7 Å². The summed E-state index contributed by atoms with van der Waals surface area (Å²) in [7, 11) is 0. The first-order valence-electron chi connectivity index (χ1n) is 6.56. The van der Waals surface area contributed by atoms with Crippen LogP contribution in [0.2, 0.25) is 0 Å². The van der Waals surface area contributed by atoms with E-state index in [9.17, 15) is 14.7 Å². The molecule has 8 heteroatoms. The Hall–Kier alpha value is -2.38. The molecule has 3 rings (SSSR count). The van der Waals surface area contributed by atoms with Crippen LogP contribution in [0, 0.1) is 0 Å². The molecule has 22 heavy (non-hydrogen) atoms. The summed E-state index contributed by atoms with van der Waals surface area (Å²) in [4.78, 5) is 31.9. The molecule has 1 aliphatic rings. The van der Waals surface area contributed by atoms with Crippen molar-refractivity contribution in [2.24, 2.45) is 0 Å². The number of halogens is 1. The maximum Gasteiger partial charge on any atom is 0.261 e. The highest BCUT2D eigenvalue weighted by Gasteiger charge is 2.37. The molecule has 1 aromatic carbocycles. The molecule has 0 fully saturated rings. The van der Waals surface area contributed by atoms with Crippen molar-refractivity contribution in [2.45, 2.75) is 11.5 Å². The predicted molar refractivity (Wildman–Crippen MR) is 79.4 cm³/mol. The lowest BCUT2D eigenvalue weighted by molar-refractivity contribution is 0.0624. The van der Waals surface area contributed by atoms with Gasteiger partial charge in [-0.3, -0.25) is 14.5 Å². The Morgan fingerprint density at radius 1 is 1.27 bits per heavy atom. The van der Waals surface area contributed by atoms with Gasteiger partial charge in [-0.1, -0.05) is 12.1 Å². The first-order chi connectivity index (χ1) is 10.5. The summed E-state index contributed by atoms with van der Waals surface area (Å²) in [5.74, 6) is -0.677. The smallest absolute Gasteiger partial charge is 0.261 e. The average Bonchev–Trinajstić information content (AvgIpc) is 3.05. The second-order valence-electron chi connectivity index (χ2n) is 4.95. The van der Waals surface area contributed by atoms with Crippen LogP contribution in [0.4, 0.5) is 5.95 Å². The van der Waals surface area contributed by atoms with Crippen LogP contribution in [0.15, 0.2) is 30.5 Å². The van der Waals surface area contributed by atoms with E-state index in [2.05, 4.69) is 9.97 Å². The molecule has 2 aromatic rings. The normalized spacial score (nSPS) is 16.7. The second-order valence-corrected chi connectivity index (χ2v) is 5.51. The molecule has 1 aliphatic heterocycles. The van der Waals surface area contributed by atoms with Crippen molar-refractivity contribution in [2.75, 3.05) is 12.3 Å². The lowest BCUT2D eigenvalue weighted by Gasteiger charge is -2.21. The number of aromatic amines is 1. The number of nitrogen functional groups attached to an aromatic ring is 1. The van der Waals surface area contributed by atoms with Gasteiger partial charge in [0.25, 0.3) is 11.8 Å². The predicted octanol–water partition coefficient (Wildman–Crippen LogP) is 0.929. The monoisotopic (exact) mass is 320 g/mol. The highest BCUT2D eigenvalue weighted by molar-refractivity contribution is 6.24. The van der Waals surface area contributed by atoms with Gasteiger partial charge in [0.1, 0.15) is 6.10 Å². The summed E-state index contributed by atoms with van der Waals surface area (Å²) >= 11 is 6.14. The van der Waals surface area contributed by atoms with E-state index in [0.717, 1.165) is 4.90 Å². The molecule has 2 heterocycles. The third-order valence-electron chi connectivity index (χ3n) is 3.51. The number of hydrogen-bond donors (Lipinski definition) is 3. The number of nitrogens with zero attached hydrogens (tertiary/aromatic N) is 2. The molecule has 0 spiro atoms. The third-order valence-corrected chi connectivity index (χ3v) is 3.89. The maximum atomic E-state index is 12.2. The minimum Gasteiger partial charge on any atom is -0.385 e. The number of imidazole rings is 1. The number of H-pyrrole nitrogens is 1. The number of carbonyl (C=O) groups excluding carboxylic acids is 2. The van der Waals surface area contributed by atoms with Gasteiger partial charge in [0.15, 0.2) is 5.95 Å². The van der Waals surface area contributed by atoms with Crippen molar-refractivity contribution in [3.8, 4) is 0 Å². The van der Waals surface area contributed by atoms with E-state index in [-0.39, 0.29) is 12.5 Å². The number of fused-ring (bicyclic) bond motifs is 1. The number of hydrogen-bond acceptors (Lipinski definition) is 5. The summed E-state index contributed by atoms with van der Waals surface area (Å²) < 4.78 is 0. The van der Waals surface area contributed by atoms with Crippen LogP contribution in [-0.2, 0) is 0 Å². The number of anilines is 1. The van der Waals surface area contributed by atoms with Crippen molar-refractivity contribution in [3.63, 3.8) is 0 Å². The van der Waals surface area contributed by atoms with E-state index in [0.29, 0.717) is 16.8 Å². The number of benzene rings is 1. The number of nitrogens with two attached hydrogens (primary N) is 1. The topological polar surface area (TPSA) is 112 Å². The molecule has 114 valence electrons. The standard InChI is InChI=1S/C14H13ClN4O3/c15-9(11(20)10-5-17-14(16)18-10)6-19-12(21)7-3-1-2-4-8(7)13(19)22/h1-5,9,11,20H,6H2,(H3,16,17,18)/t9-,11+/m1/s1. The number of aromatic nitrogens is 2. The second kappa shape index (κ2) is 5.43. The van der Waals surface area contributed by atoms with Gasteiger partial charge < -0.3 is 15.8 Å². The van der Waals surface area contributed by atoms with Crippen LogP contribution in [0.3, 0.4) is 0 Å². The number of aliphatic hydroxyl groups is 1. The molecule has 0 aliphatic carbocycles. The van der Waals surface area contributed by atoms with E-state index < -0.39 is 23.3 Å². The number of carbonyl (C=O) groups is 2. The molecule has 0 saturated carbocycles. The van der Waals surface area contributed by atoms with Gasteiger partial charge in [-0.15, -0.1) is 11.6 Å². The molecule has 2 atom stereocenters. The number of imide groups is 1. The zero-order valence-corrected chi connectivity index (χ0v) is 12.1. The molecular weight excluding hydrogens is 308 g/mol. The summed E-state index contributed by atoms with van der Waals surface area (Å²) in [6.45, 7) is -0.117. The van der Waals surface area contributed by atoms with Crippen LogP contribution in [0.25, 0.3) is 0 Å². The van der Waals surface area contributed by atoms with E-state index in [1.54, 1.807) is 24.3 Å². The van der Waals surface area contributed by atoms with Crippen LogP contribution in [0.5, 0.6) is 0 Å². The summed E-state index contributed by atoms with van der Waals surface area (Å²) in [6, 6.07) is 6.55. The Labute approximate surface area is 130 Å². The fourth-order valence-corrected chi connectivity index (χ4v) is 2.65. The third kappa shape index (κ3) is 2.34. The number of aliphatic hydroxyl groups excluding tert-OH is 1. The van der Waals surface area contributed by atoms with Crippen molar-refractivity contribution in [1.82, 2.24) is 14.9 Å². The molecule has 0 unspecified atom stereocenters. The zero-order chi connectivity index (χ0) is 15.9. The maximum absolute atomic E-state index is 12.2. The van der Waals surface area contributed by atoms with Gasteiger partial charge in [-0.2, -0.15) is 0 Å². The van der Waals surface area contributed by atoms with Crippen molar-refractivity contribution in [1.29, 1.82) is 0 Å². The summed E-state index contributed by atoms with van der Waals surface area (Å²) in [6.07, 6.45) is 0.230. The van der Waals surface area contributed by atoms with Crippen molar-refractivity contribution >= 4 is 29.4 Å². The van der Waals surface area contributed by atoms with Gasteiger partial charge >= 0.3 is 0 Å². The fraction of sp³-hybridized carbons (Fsp3) is 0.214. The molecule has 0 saturated heterocycles. The van der Waals surface area contributed by atoms with E-state index >= 15 is 0 Å². The van der Waals surface area contributed by atoms with Gasteiger partial charge in [0.05, 0.1) is 28.4 Å².